The van der Waals surface area contributed by atoms with Crippen molar-refractivity contribution in [3.63, 3.8) is 0 Å². The standard InChI is InChI=1S/C12H20O.C12H14O/c2*1-3-7-11(8-4-1)13-12-9-5-2-6-10-12/h7,12H,1-6,8-10H2;1,3-4,7-9H,2,5-6,10H2. The number of ether oxygens (including phenoxy) is 2. The Kier molecular flexibility index (Phi) is 8.15. The van der Waals surface area contributed by atoms with Gasteiger partial charge in [-0.15, -0.1) is 0 Å². The lowest BCUT2D eigenvalue weighted by atomic mass is 9.97. The van der Waals surface area contributed by atoms with Crippen molar-refractivity contribution >= 4 is 0 Å². The molecule has 0 unspecified atom stereocenters. The Morgan fingerprint density at radius 3 is 1.92 bits per heavy atom. The molecular weight excluding hydrogens is 320 g/mol. The zero-order valence-electron chi connectivity index (χ0n) is 16.1. The molecule has 0 spiro atoms. The van der Waals surface area contributed by atoms with Crippen LogP contribution in [0.15, 0.2) is 54.0 Å². The molecule has 142 valence electrons. The Bertz CT molecular complexity index is 567. The van der Waals surface area contributed by atoms with Crippen LogP contribution in [-0.2, 0) is 4.74 Å². The molecule has 1 saturated carbocycles. The van der Waals surface area contributed by atoms with Crippen LogP contribution < -0.4 is 4.74 Å². The fourth-order valence-corrected chi connectivity index (χ4v) is 3.85. The van der Waals surface area contributed by atoms with E-state index in [1.165, 1.54) is 82.8 Å². The molecule has 0 saturated heterocycles. The summed E-state index contributed by atoms with van der Waals surface area (Å²) in [4.78, 5) is 0. The molecule has 3 aliphatic rings. The van der Waals surface area contributed by atoms with Crippen molar-refractivity contribution in [3.8, 4) is 5.75 Å². The number of benzene rings is 1. The summed E-state index contributed by atoms with van der Waals surface area (Å²) in [6.07, 6.45) is 21.8. The summed E-state index contributed by atoms with van der Waals surface area (Å²) in [6.45, 7) is 0. The van der Waals surface area contributed by atoms with Crippen LogP contribution in [0.4, 0.5) is 0 Å². The number of allylic oxidation sites excluding steroid dienone is 4. The van der Waals surface area contributed by atoms with Gasteiger partial charge in [0.15, 0.2) is 0 Å². The van der Waals surface area contributed by atoms with Gasteiger partial charge in [-0.1, -0.05) is 24.6 Å². The van der Waals surface area contributed by atoms with Crippen molar-refractivity contribution < 1.29 is 9.47 Å². The molecule has 1 aromatic rings. The monoisotopic (exact) mass is 354 g/mol. The minimum Gasteiger partial charge on any atom is -0.495 e. The average molecular weight is 355 g/mol. The van der Waals surface area contributed by atoms with Gasteiger partial charge in [-0.2, -0.15) is 0 Å². The smallest absolute Gasteiger partial charge is 0.126 e. The van der Waals surface area contributed by atoms with Crippen molar-refractivity contribution in [1.29, 1.82) is 0 Å². The molecule has 1 fully saturated rings. The Morgan fingerprint density at radius 2 is 1.31 bits per heavy atom. The highest BCUT2D eigenvalue weighted by molar-refractivity contribution is 5.23. The van der Waals surface area contributed by atoms with Crippen molar-refractivity contribution in [2.75, 3.05) is 0 Å². The third-order valence-corrected chi connectivity index (χ3v) is 5.36. The van der Waals surface area contributed by atoms with E-state index in [1.807, 2.05) is 30.3 Å². The first-order valence-electron chi connectivity index (χ1n) is 10.7. The van der Waals surface area contributed by atoms with E-state index in [0.29, 0.717) is 6.10 Å². The minimum absolute atomic E-state index is 0.554. The van der Waals surface area contributed by atoms with Crippen LogP contribution in [0, 0.1) is 0 Å². The second kappa shape index (κ2) is 11.1. The molecule has 2 heteroatoms. The first-order valence-corrected chi connectivity index (χ1v) is 10.7. The first-order chi connectivity index (χ1) is 12.9. The molecule has 26 heavy (non-hydrogen) atoms. The summed E-state index contributed by atoms with van der Waals surface area (Å²) in [5.74, 6) is 3.38. The molecule has 4 rings (SSSR count). The van der Waals surface area contributed by atoms with E-state index in [-0.39, 0.29) is 0 Å². The third kappa shape index (κ3) is 6.90. The van der Waals surface area contributed by atoms with E-state index in [0.717, 1.165) is 17.9 Å². The maximum absolute atomic E-state index is 5.99. The zero-order valence-corrected chi connectivity index (χ0v) is 16.1. The molecule has 3 aliphatic carbocycles. The topological polar surface area (TPSA) is 18.5 Å². The lowest BCUT2D eigenvalue weighted by molar-refractivity contribution is 0.0739. The number of rotatable bonds is 4. The summed E-state index contributed by atoms with van der Waals surface area (Å²) in [5.41, 5.74) is 0. The van der Waals surface area contributed by atoms with Crippen molar-refractivity contribution in [1.82, 2.24) is 0 Å². The van der Waals surface area contributed by atoms with E-state index >= 15 is 0 Å². The van der Waals surface area contributed by atoms with Gasteiger partial charge < -0.3 is 9.47 Å². The highest BCUT2D eigenvalue weighted by Crippen LogP contribution is 2.26. The molecule has 0 N–H and O–H groups in total. The van der Waals surface area contributed by atoms with Gasteiger partial charge in [0.25, 0.3) is 0 Å². The molecule has 0 aromatic heterocycles. The van der Waals surface area contributed by atoms with E-state index in [2.05, 4.69) is 12.2 Å². The maximum atomic E-state index is 5.99. The highest BCUT2D eigenvalue weighted by Gasteiger charge is 2.16. The summed E-state index contributed by atoms with van der Waals surface area (Å²) in [6, 6.07) is 9.99. The molecule has 0 aliphatic heterocycles. The van der Waals surface area contributed by atoms with Crippen LogP contribution in [-0.4, -0.2) is 6.10 Å². The predicted molar refractivity (Wildman–Crippen MR) is 108 cm³/mol. The summed E-state index contributed by atoms with van der Waals surface area (Å²) in [5, 5.41) is 0. The summed E-state index contributed by atoms with van der Waals surface area (Å²) >= 11 is 0. The lowest BCUT2D eigenvalue weighted by Gasteiger charge is -2.25. The Morgan fingerprint density at radius 1 is 0.654 bits per heavy atom. The van der Waals surface area contributed by atoms with Crippen molar-refractivity contribution in [2.45, 2.75) is 89.6 Å². The van der Waals surface area contributed by atoms with Crippen LogP contribution in [0.5, 0.6) is 5.75 Å². The lowest BCUT2D eigenvalue weighted by Crippen LogP contribution is -2.16. The minimum atomic E-state index is 0.554. The Labute approximate surface area is 159 Å². The van der Waals surface area contributed by atoms with Crippen LogP contribution in [0.3, 0.4) is 0 Å². The van der Waals surface area contributed by atoms with Crippen LogP contribution in [0.2, 0.25) is 0 Å². The fraction of sp³-hybridized carbons (Fsp3) is 0.583. The van der Waals surface area contributed by atoms with E-state index in [4.69, 9.17) is 9.47 Å². The molecule has 0 atom stereocenters. The molecule has 0 radical (unpaired) electrons. The molecule has 0 bridgehead atoms. The van der Waals surface area contributed by atoms with Gasteiger partial charge in [0.2, 0.25) is 0 Å². The Balaban J connectivity index is 0.000000151. The average Bonchev–Trinajstić information content (AvgIpc) is 2.72. The summed E-state index contributed by atoms with van der Waals surface area (Å²) < 4.78 is 11.7. The molecular formula is C24H34O2. The van der Waals surface area contributed by atoms with E-state index in [1.54, 1.807) is 0 Å². The van der Waals surface area contributed by atoms with Crippen molar-refractivity contribution in [3.05, 3.63) is 54.0 Å². The second-order valence-electron chi connectivity index (χ2n) is 7.63. The quantitative estimate of drug-likeness (QED) is 0.564. The number of para-hydroxylation sites is 1. The normalized spacial score (nSPS) is 20.9. The molecule has 0 amide bonds. The van der Waals surface area contributed by atoms with Crippen LogP contribution in [0.1, 0.15) is 83.5 Å². The number of hydrogen-bond donors (Lipinski definition) is 0. The van der Waals surface area contributed by atoms with Gasteiger partial charge >= 0.3 is 0 Å². The first kappa shape index (κ1) is 19.1. The SMILES string of the molecule is C1=C(OC2CCCCC2)CCCC1.C1=C(Oc2ccccc2)CCCC1. The zero-order chi connectivity index (χ0) is 17.9. The fourth-order valence-electron chi connectivity index (χ4n) is 3.85. The van der Waals surface area contributed by atoms with Crippen LogP contribution >= 0.6 is 0 Å². The van der Waals surface area contributed by atoms with Gasteiger partial charge in [0.1, 0.15) is 11.5 Å². The maximum Gasteiger partial charge on any atom is 0.126 e. The van der Waals surface area contributed by atoms with Gasteiger partial charge in [-0.05, 0) is 88.5 Å². The second-order valence-corrected chi connectivity index (χ2v) is 7.63. The highest BCUT2D eigenvalue weighted by atomic mass is 16.5. The number of hydrogen-bond acceptors (Lipinski definition) is 2. The van der Waals surface area contributed by atoms with Gasteiger partial charge in [0.05, 0.1) is 11.9 Å². The molecule has 1 aromatic carbocycles. The van der Waals surface area contributed by atoms with E-state index < -0.39 is 0 Å². The molecule has 2 nitrogen and oxygen atoms in total. The van der Waals surface area contributed by atoms with Gasteiger partial charge in [-0.3, -0.25) is 0 Å². The van der Waals surface area contributed by atoms with Gasteiger partial charge in [-0.25, -0.2) is 0 Å². The third-order valence-electron chi connectivity index (χ3n) is 5.36. The van der Waals surface area contributed by atoms with E-state index in [9.17, 15) is 0 Å². The van der Waals surface area contributed by atoms with Gasteiger partial charge in [0, 0.05) is 12.8 Å². The summed E-state index contributed by atoms with van der Waals surface area (Å²) in [7, 11) is 0. The van der Waals surface area contributed by atoms with Crippen molar-refractivity contribution in [2.24, 2.45) is 0 Å². The molecule has 0 heterocycles. The van der Waals surface area contributed by atoms with Crippen LogP contribution in [0.25, 0.3) is 0 Å². The predicted octanol–water partition coefficient (Wildman–Crippen LogP) is 7.32. The largest absolute Gasteiger partial charge is 0.495 e. The Hall–Kier alpha value is -1.70.